The van der Waals surface area contributed by atoms with Gasteiger partial charge in [0.1, 0.15) is 11.8 Å². The van der Waals surface area contributed by atoms with E-state index in [4.69, 9.17) is 5.26 Å². The van der Waals surface area contributed by atoms with Gasteiger partial charge < -0.3 is 0 Å². The van der Waals surface area contributed by atoms with Crippen LogP contribution in [0.15, 0.2) is 12.3 Å². The summed E-state index contributed by atoms with van der Waals surface area (Å²) >= 11 is 0. The first-order valence-corrected chi connectivity index (χ1v) is 4.63. The zero-order chi connectivity index (χ0) is 9.68. The van der Waals surface area contributed by atoms with Gasteiger partial charge in [0.25, 0.3) is 0 Å². The summed E-state index contributed by atoms with van der Waals surface area (Å²) in [5.41, 5.74) is 2.76. The lowest BCUT2D eigenvalue weighted by Gasteiger charge is -2.01. The first-order valence-electron chi connectivity index (χ1n) is 4.63. The highest BCUT2D eigenvalue weighted by Crippen LogP contribution is 2.09. The Labute approximate surface area is 79.2 Å². The molecule has 0 aliphatic rings. The van der Waals surface area contributed by atoms with Crippen molar-refractivity contribution in [3.8, 4) is 6.07 Å². The Kier molecular flexibility index (Phi) is 3.45. The van der Waals surface area contributed by atoms with E-state index in [0.29, 0.717) is 5.69 Å². The third-order valence-corrected chi connectivity index (χ3v) is 2.06. The first kappa shape index (κ1) is 9.73. The largest absolute Gasteiger partial charge is 0.245 e. The summed E-state index contributed by atoms with van der Waals surface area (Å²) in [6, 6.07) is 4.12. The summed E-state index contributed by atoms with van der Waals surface area (Å²) < 4.78 is 0. The van der Waals surface area contributed by atoms with Crippen molar-refractivity contribution in [2.45, 2.75) is 33.1 Å². The average molecular weight is 174 g/mol. The van der Waals surface area contributed by atoms with Crippen molar-refractivity contribution in [3.05, 3.63) is 29.1 Å². The molecule has 1 heterocycles. The van der Waals surface area contributed by atoms with E-state index in [1.807, 2.05) is 6.92 Å². The smallest absolute Gasteiger partial charge is 0.143 e. The molecule has 13 heavy (non-hydrogen) atoms. The van der Waals surface area contributed by atoms with E-state index < -0.39 is 0 Å². The number of pyridine rings is 1. The molecule has 0 atom stereocenters. The number of hydrogen-bond donors (Lipinski definition) is 0. The van der Waals surface area contributed by atoms with Crippen molar-refractivity contribution in [1.82, 2.24) is 4.98 Å². The number of rotatable bonds is 3. The van der Waals surface area contributed by atoms with Crippen LogP contribution in [-0.4, -0.2) is 4.98 Å². The van der Waals surface area contributed by atoms with Gasteiger partial charge >= 0.3 is 0 Å². The molecule has 0 radical (unpaired) electrons. The van der Waals surface area contributed by atoms with Gasteiger partial charge in [0, 0.05) is 6.20 Å². The SMILES string of the molecule is CCCCc1cnc(C#N)c(C)c1. The maximum atomic E-state index is 8.67. The Balaban J connectivity index is 2.79. The van der Waals surface area contributed by atoms with E-state index in [1.165, 1.54) is 18.4 Å². The normalized spacial score (nSPS) is 9.62. The molecule has 1 aromatic rings. The molecule has 0 bridgehead atoms. The molecule has 0 fully saturated rings. The fourth-order valence-corrected chi connectivity index (χ4v) is 1.27. The highest BCUT2D eigenvalue weighted by molar-refractivity contribution is 5.32. The fourth-order valence-electron chi connectivity index (χ4n) is 1.27. The molecule has 0 N–H and O–H groups in total. The Morgan fingerprint density at radius 1 is 1.54 bits per heavy atom. The lowest BCUT2D eigenvalue weighted by atomic mass is 10.1. The maximum Gasteiger partial charge on any atom is 0.143 e. The molecule has 2 nitrogen and oxygen atoms in total. The van der Waals surface area contributed by atoms with Crippen LogP contribution in [0.2, 0.25) is 0 Å². The van der Waals surface area contributed by atoms with E-state index in [-0.39, 0.29) is 0 Å². The predicted octanol–water partition coefficient (Wildman–Crippen LogP) is 2.60. The highest BCUT2D eigenvalue weighted by Gasteiger charge is 1.99. The van der Waals surface area contributed by atoms with Crippen molar-refractivity contribution in [2.75, 3.05) is 0 Å². The van der Waals surface area contributed by atoms with Gasteiger partial charge in [0.05, 0.1) is 0 Å². The molecular formula is C11H14N2. The van der Waals surface area contributed by atoms with Crippen LogP contribution in [0.4, 0.5) is 0 Å². The topological polar surface area (TPSA) is 36.7 Å². The van der Waals surface area contributed by atoms with E-state index in [0.717, 1.165) is 12.0 Å². The summed E-state index contributed by atoms with van der Waals surface area (Å²) in [5.74, 6) is 0. The third kappa shape index (κ3) is 2.55. The van der Waals surface area contributed by atoms with Gasteiger partial charge in [-0.1, -0.05) is 19.4 Å². The Morgan fingerprint density at radius 3 is 2.85 bits per heavy atom. The number of aromatic nitrogens is 1. The minimum atomic E-state index is 0.542. The molecule has 0 aromatic carbocycles. The molecule has 0 aliphatic carbocycles. The quantitative estimate of drug-likeness (QED) is 0.706. The van der Waals surface area contributed by atoms with Crippen molar-refractivity contribution in [3.63, 3.8) is 0 Å². The van der Waals surface area contributed by atoms with Crippen molar-refractivity contribution in [2.24, 2.45) is 0 Å². The average Bonchev–Trinajstić information content (AvgIpc) is 2.15. The van der Waals surface area contributed by atoms with Gasteiger partial charge in [-0.2, -0.15) is 5.26 Å². The molecule has 0 unspecified atom stereocenters. The van der Waals surface area contributed by atoms with Gasteiger partial charge in [-0.3, -0.25) is 0 Å². The second-order valence-corrected chi connectivity index (χ2v) is 3.22. The molecule has 68 valence electrons. The summed E-state index contributed by atoms with van der Waals surface area (Å²) in [6.45, 7) is 4.10. The van der Waals surface area contributed by atoms with Gasteiger partial charge in [-0.15, -0.1) is 0 Å². The predicted molar refractivity (Wildman–Crippen MR) is 52.3 cm³/mol. The minimum Gasteiger partial charge on any atom is -0.245 e. The van der Waals surface area contributed by atoms with Crippen LogP contribution in [0.25, 0.3) is 0 Å². The summed E-state index contributed by atoms with van der Waals surface area (Å²) in [7, 11) is 0. The van der Waals surface area contributed by atoms with E-state index in [9.17, 15) is 0 Å². The second kappa shape index (κ2) is 4.61. The number of nitriles is 1. The van der Waals surface area contributed by atoms with E-state index in [1.54, 1.807) is 6.20 Å². The fraction of sp³-hybridized carbons (Fsp3) is 0.455. The molecule has 2 heteroatoms. The molecule has 0 amide bonds. The maximum absolute atomic E-state index is 8.67. The zero-order valence-corrected chi connectivity index (χ0v) is 8.17. The van der Waals surface area contributed by atoms with Crippen LogP contribution in [0.1, 0.15) is 36.6 Å². The second-order valence-electron chi connectivity index (χ2n) is 3.22. The molecule has 0 saturated heterocycles. The van der Waals surface area contributed by atoms with Crippen molar-refractivity contribution in [1.29, 1.82) is 5.26 Å². The number of aryl methyl sites for hydroxylation is 2. The first-order chi connectivity index (χ1) is 6.27. The molecule has 0 saturated carbocycles. The monoisotopic (exact) mass is 174 g/mol. The lowest BCUT2D eigenvalue weighted by Crippen LogP contribution is -1.92. The number of hydrogen-bond acceptors (Lipinski definition) is 2. The van der Waals surface area contributed by atoms with Crippen LogP contribution in [-0.2, 0) is 6.42 Å². The molecule has 0 spiro atoms. The molecular weight excluding hydrogens is 160 g/mol. The number of nitrogens with zero attached hydrogens (tertiary/aromatic N) is 2. The summed E-state index contributed by atoms with van der Waals surface area (Å²) in [5, 5.41) is 8.67. The zero-order valence-electron chi connectivity index (χ0n) is 8.17. The molecule has 0 aliphatic heterocycles. The van der Waals surface area contributed by atoms with Crippen molar-refractivity contribution >= 4 is 0 Å². The minimum absolute atomic E-state index is 0.542. The Hall–Kier alpha value is -1.36. The van der Waals surface area contributed by atoms with Crippen LogP contribution in [0.5, 0.6) is 0 Å². The third-order valence-electron chi connectivity index (χ3n) is 2.06. The van der Waals surface area contributed by atoms with Crippen LogP contribution < -0.4 is 0 Å². The van der Waals surface area contributed by atoms with Gasteiger partial charge in [0.15, 0.2) is 0 Å². The highest BCUT2D eigenvalue weighted by atomic mass is 14.7. The number of unbranched alkanes of at least 4 members (excludes halogenated alkanes) is 1. The van der Waals surface area contributed by atoms with Gasteiger partial charge in [-0.05, 0) is 30.9 Å². The summed E-state index contributed by atoms with van der Waals surface area (Å²) in [4.78, 5) is 4.09. The van der Waals surface area contributed by atoms with E-state index >= 15 is 0 Å². The standard InChI is InChI=1S/C11H14N2/c1-3-4-5-10-6-9(2)11(7-12)13-8-10/h6,8H,3-5H2,1-2H3. The van der Waals surface area contributed by atoms with E-state index in [2.05, 4.69) is 24.0 Å². The van der Waals surface area contributed by atoms with Crippen LogP contribution in [0.3, 0.4) is 0 Å². The van der Waals surface area contributed by atoms with Crippen LogP contribution >= 0.6 is 0 Å². The Bertz CT molecular complexity index is 323. The molecule has 1 aromatic heterocycles. The van der Waals surface area contributed by atoms with Crippen molar-refractivity contribution < 1.29 is 0 Å². The Morgan fingerprint density at radius 2 is 2.31 bits per heavy atom. The lowest BCUT2D eigenvalue weighted by molar-refractivity contribution is 0.791. The van der Waals surface area contributed by atoms with Gasteiger partial charge in [0.2, 0.25) is 0 Å². The molecule has 1 rings (SSSR count). The van der Waals surface area contributed by atoms with Gasteiger partial charge in [-0.25, -0.2) is 4.98 Å². The van der Waals surface area contributed by atoms with Crippen LogP contribution in [0, 0.1) is 18.3 Å². The summed E-state index contributed by atoms with van der Waals surface area (Å²) in [6.07, 6.45) is 5.25.